The highest BCUT2D eigenvalue weighted by atomic mass is 79.9. The number of rotatable bonds is 4. The third-order valence-corrected chi connectivity index (χ3v) is 6.28. The molecule has 16 heavy (non-hydrogen) atoms. The summed E-state index contributed by atoms with van der Waals surface area (Å²) in [5.74, 6) is 0. The summed E-state index contributed by atoms with van der Waals surface area (Å²) in [5.41, 5.74) is 1.36. The highest BCUT2D eigenvalue weighted by Crippen LogP contribution is 2.32. The van der Waals surface area contributed by atoms with Crippen LogP contribution in [-0.4, -0.2) is 0 Å². The fourth-order valence-electron chi connectivity index (χ4n) is 1.37. The van der Waals surface area contributed by atoms with Gasteiger partial charge >= 0.3 is 0 Å². The van der Waals surface area contributed by atoms with E-state index in [-0.39, 0.29) is 0 Å². The molecule has 1 unspecified atom stereocenters. The van der Waals surface area contributed by atoms with Gasteiger partial charge in [0.1, 0.15) is 0 Å². The maximum absolute atomic E-state index is 3.52. The number of hydrogen-bond donors (Lipinski definition) is 1. The van der Waals surface area contributed by atoms with Crippen molar-refractivity contribution in [3.8, 4) is 0 Å². The van der Waals surface area contributed by atoms with E-state index in [2.05, 4.69) is 67.0 Å². The molecule has 0 saturated carbocycles. The SMILES string of the molecule is CC(NCc1cc(Br)c(Br)s1)c1ccsc1. The molecular formula is C11H11Br2NS2. The van der Waals surface area contributed by atoms with Crippen molar-refractivity contribution in [3.05, 3.63) is 41.6 Å². The van der Waals surface area contributed by atoms with Crippen LogP contribution in [0.4, 0.5) is 0 Å². The molecule has 0 amide bonds. The maximum Gasteiger partial charge on any atom is 0.0843 e. The molecule has 1 nitrogen and oxygen atoms in total. The van der Waals surface area contributed by atoms with Crippen LogP contribution >= 0.6 is 54.5 Å². The van der Waals surface area contributed by atoms with Gasteiger partial charge in [0, 0.05) is 21.9 Å². The van der Waals surface area contributed by atoms with Gasteiger partial charge in [-0.1, -0.05) is 0 Å². The Hall–Kier alpha value is 0.320. The minimum absolute atomic E-state index is 0.408. The standard InChI is InChI=1S/C11H11Br2NS2/c1-7(8-2-3-15-6-8)14-5-9-4-10(12)11(13)16-9/h2-4,6-7,14H,5H2,1H3. The second-order valence-corrected chi connectivity index (χ2v) is 7.58. The third-order valence-electron chi connectivity index (χ3n) is 2.32. The van der Waals surface area contributed by atoms with Crippen LogP contribution in [0.25, 0.3) is 0 Å². The number of thiophene rings is 2. The molecule has 0 aliphatic heterocycles. The normalized spacial score (nSPS) is 12.9. The zero-order valence-corrected chi connectivity index (χ0v) is 13.5. The molecule has 0 saturated heterocycles. The van der Waals surface area contributed by atoms with Gasteiger partial charge in [-0.25, -0.2) is 0 Å². The van der Waals surface area contributed by atoms with E-state index in [9.17, 15) is 0 Å². The fourth-order valence-corrected chi connectivity index (χ4v) is 4.25. The van der Waals surface area contributed by atoms with Gasteiger partial charge in [0.2, 0.25) is 0 Å². The van der Waals surface area contributed by atoms with Crippen molar-refractivity contribution in [2.45, 2.75) is 19.5 Å². The van der Waals surface area contributed by atoms with E-state index in [1.165, 1.54) is 10.4 Å². The molecule has 86 valence electrons. The van der Waals surface area contributed by atoms with Gasteiger partial charge in [-0.2, -0.15) is 11.3 Å². The monoisotopic (exact) mass is 379 g/mol. The van der Waals surface area contributed by atoms with Crippen LogP contribution in [0.5, 0.6) is 0 Å². The molecule has 2 rings (SSSR count). The summed E-state index contributed by atoms with van der Waals surface area (Å²) in [5, 5.41) is 7.83. The first-order valence-electron chi connectivity index (χ1n) is 4.86. The Balaban J connectivity index is 1.92. The van der Waals surface area contributed by atoms with E-state index in [0.29, 0.717) is 6.04 Å². The lowest BCUT2D eigenvalue weighted by atomic mass is 10.2. The van der Waals surface area contributed by atoms with E-state index in [1.807, 2.05) is 0 Å². The average Bonchev–Trinajstić information content (AvgIpc) is 2.86. The largest absolute Gasteiger partial charge is 0.305 e. The van der Waals surface area contributed by atoms with Crippen LogP contribution in [0.15, 0.2) is 31.2 Å². The van der Waals surface area contributed by atoms with Crippen LogP contribution in [0.3, 0.4) is 0 Å². The van der Waals surface area contributed by atoms with Crippen LogP contribution in [0, 0.1) is 0 Å². The summed E-state index contributed by atoms with van der Waals surface area (Å²) < 4.78 is 2.30. The van der Waals surface area contributed by atoms with Crippen molar-refractivity contribution in [2.24, 2.45) is 0 Å². The maximum atomic E-state index is 3.52. The first kappa shape index (κ1) is 12.8. The lowest BCUT2D eigenvalue weighted by molar-refractivity contribution is 0.580. The van der Waals surface area contributed by atoms with E-state index in [1.54, 1.807) is 22.7 Å². The van der Waals surface area contributed by atoms with E-state index in [0.717, 1.165) is 14.8 Å². The van der Waals surface area contributed by atoms with Gasteiger partial charge in [0.05, 0.1) is 3.79 Å². The Morgan fingerprint density at radius 3 is 2.81 bits per heavy atom. The van der Waals surface area contributed by atoms with Crippen molar-refractivity contribution in [3.63, 3.8) is 0 Å². The summed E-state index contributed by atoms with van der Waals surface area (Å²) in [6.45, 7) is 3.10. The quantitative estimate of drug-likeness (QED) is 0.769. The van der Waals surface area contributed by atoms with Crippen molar-refractivity contribution in [2.75, 3.05) is 0 Å². The highest BCUT2D eigenvalue weighted by Gasteiger charge is 2.07. The minimum atomic E-state index is 0.408. The number of hydrogen-bond acceptors (Lipinski definition) is 3. The van der Waals surface area contributed by atoms with E-state index in [4.69, 9.17) is 0 Å². The number of halogens is 2. The smallest absolute Gasteiger partial charge is 0.0843 e. The topological polar surface area (TPSA) is 12.0 Å². The molecule has 1 atom stereocenters. The van der Waals surface area contributed by atoms with Gasteiger partial charge < -0.3 is 5.32 Å². The second-order valence-electron chi connectivity index (χ2n) is 3.49. The second kappa shape index (κ2) is 5.78. The zero-order valence-electron chi connectivity index (χ0n) is 8.67. The Bertz CT molecular complexity index is 431. The Morgan fingerprint density at radius 2 is 2.25 bits per heavy atom. The molecule has 0 aliphatic rings. The van der Waals surface area contributed by atoms with Crippen molar-refractivity contribution in [1.82, 2.24) is 5.32 Å². The van der Waals surface area contributed by atoms with Crippen LogP contribution in [-0.2, 0) is 6.54 Å². The average molecular weight is 381 g/mol. The van der Waals surface area contributed by atoms with E-state index >= 15 is 0 Å². The molecule has 0 aliphatic carbocycles. The van der Waals surface area contributed by atoms with Crippen LogP contribution in [0.2, 0.25) is 0 Å². The van der Waals surface area contributed by atoms with E-state index < -0.39 is 0 Å². The molecule has 0 aromatic carbocycles. The molecule has 2 aromatic rings. The summed E-state index contributed by atoms with van der Waals surface area (Å²) in [6.07, 6.45) is 0. The Labute approximate surface area is 120 Å². The highest BCUT2D eigenvalue weighted by molar-refractivity contribution is 9.13. The summed E-state index contributed by atoms with van der Waals surface area (Å²) in [4.78, 5) is 1.33. The summed E-state index contributed by atoms with van der Waals surface area (Å²) >= 11 is 10.5. The first-order valence-corrected chi connectivity index (χ1v) is 8.20. The van der Waals surface area contributed by atoms with Gasteiger partial charge in [0.15, 0.2) is 0 Å². The van der Waals surface area contributed by atoms with Gasteiger partial charge in [-0.3, -0.25) is 0 Å². The summed E-state index contributed by atoms with van der Waals surface area (Å²) in [7, 11) is 0. The minimum Gasteiger partial charge on any atom is -0.305 e. The predicted molar refractivity (Wildman–Crippen MR) is 79.3 cm³/mol. The molecular weight excluding hydrogens is 370 g/mol. The molecule has 0 bridgehead atoms. The lowest BCUT2D eigenvalue weighted by Crippen LogP contribution is -2.16. The molecule has 5 heteroatoms. The van der Waals surface area contributed by atoms with Crippen molar-refractivity contribution in [1.29, 1.82) is 0 Å². The third kappa shape index (κ3) is 3.17. The van der Waals surface area contributed by atoms with Crippen LogP contribution < -0.4 is 5.32 Å². The molecule has 0 spiro atoms. The Morgan fingerprint density at radius 1 is 1.44 bits per heavy atom. The molecule has 2 aromatic heterocycles. The molecule has 1 N–H and O–H groups in total. The zero-order chi connectivity index (χ0) is 11.5. The summed E-state index contributed by atoms with van der Waals surface area (Å²) in [6, 6.07) is 4.73. The molecule has 0 radical (unpaired) electrons. The molecule has 0 fully saturated rings. The van der Waals surface area contributed by atoms with Gasteiger partial charge in [-0.15, -0.1) is 11.3 Å². The fraction of sp³-hybridized carbons (Fsp3) is 0.273. The molecule has 2 heterocycles. The van der Waals surface area contributed by atoms with Gasteiger partial charge in [0.25, 0.3) is 0 Å². The predicted octanol–water partition coefficient (Wildman–Crippen LogP) is 5.19. The van der Waals surface area contributed by atoms with Crippen LogP contribution in [0.1, 0.15) is 23.4 Å². The van der Waals surface area contributed by atoms with Crippen molar-refractivity contribution >= 4 is 54.5 Å². The number of nitrogens with one attached hydrogen (secondary N) is 1. The Kier molecular flexibility index (Phi) is 4.61. The first-order chi connectivity index (χ1) is 7.66. The van der Waals surface area contributed by atoms with Crippen molar-refractivity contribution < 1.29 is 0 Å². The van der Waals surface area contributed by atoms with Gasteiger partial charge in [-0.05, 0) is 67.2 Å². The lowest BCUT2D eigenvalue weighted by Gasteiger charge is -2.11.